The average Bonchev–Trinajstić information content (AvgIpc) is 2.91. The van der Waals surface area contributed by atoms with Crippen molar-refractivity contribution < 1.29 is 13.9 Å². The van der Waals surface area contributed by atoms with Gasteiger partial charge in [0, 0.05) is 18.2 Å². The lowest BCUT2D eigenvalue weighted by molar-refractivity contribution is 0.0177. The number of fused-ring (bicyclic) bond motifs is 1. The van der Waals surface area contributed by atoms with Gasteiger partial charge in [-0.25, -0.2) is 9.18 Å². The number of aromatic nitrogens is 2. The Hall–Kier alpha value is -3.09. The summed E-state index contributed by atoms with van der Waals surface area (Å²) >= 11 is 0. The molecule has 1 aliphatic rings. The van der Waals surface area contributed by atoms with Gasteiger partial charge in [0.2, 0.25) is 0 Å². The minimum atomic E-state index is -0.351. The smallest absolute Gasteiger partial charge is 0.326 e. The van der Waals surface area contributed by atoms with Crippen molar-refractivity contribution in [3.63, 3.8) is 0 Å². The van der Waals surface area contributed by atoms with Gasteiger partial charge in [-0.2, -0.15) is 0 Å². The van der Waals surface area contributed by atoms with E-state index in [1.165, 1.54) is 12.1 Å². The number of imidazole rings is 1. The quantitative estimate of drug-likeness (QED) is 0.781. The molecule has 1 fully saturated rings. The second kappa shape index (κ2) is 6.33. The van der Waals surface area contributed by atoms with Crippen molar-refractivity contribution in [3.05, 3.63) is 64.3 Å². The van der Waals surface area contributed by atoms with E-state index in [1.807, 2.05) is 6.92 Å². The number of likely N-dealkylation sites (tertiary alicyclic amines) is 1. The molecule has 1 N–H and O–H groups in total. The van der Waals surface area contributed by atoms with Crippen molar-refractivity contribution in [1.82, 2.24) is 14.5 Å². The molecule has 134 valence electrons. The normalized spacial score (nSPS) is 14.5. The number of carbonyl (C=O) groups excluding carboxylic acids is 1. The second-order valence-corrected chi connectivity index (χ2v) is 6.31. The van der Waals surface area contributed by atoms with Gasteiger partial charge in [-0.3, -0.25) is 9.36 Å². The van der Waals surface area contributed by atoms with Gasteiger partial charge in [-0.15, -0.1) is 0 Å². The van der Waals surface area contributed by atoms with Crippen molar-refractivity contribution in [2.45, 2.75) is 19.6 Å². The Labute approximate surface area is 148 Å². The Morgan fingerprint density at radius 3 is 2.81 bits per heavy atom. The van der Waals surface area contributed by atoms with Crippen LogP contribution in [0.5, 0.6) is 5.75 Å². The fourth-order valence-corrected chi connectivity index (χ4v) is 3.20. The van der Waals surface area contributed by atoms with E-state index in [2.05, 4.69) is 4.98 Å². The van der Waals surface area contributed by atoms with Crippen molar-refractivity contribution in [3.8, 4) is 5.75 Å². The molecule has 0 bridgehead atoms. The molecule has 1 aliphatic heterocycles. The Kier molecular flexibility index (Phi) is 3.99. The molecule has 0 unspecified atom stereocenters. The minimum absolute atomic E-state index is 0.115. The Balaban J connectivity index is 1.44. The number of hydrogen-bond acceptors (Lipinski definition) is 3. The number of nitrogens with one attached hydrogen (secondary N) is 1. The number of halogens is 1. The van der Waals surface area contributed by atoms with Gasteiger partial charge in [0.25, 0.3) is 5.91 Å². The second-order valence-electron chi connectivity index (χ2n) is 6.31. The largest absolute Gasteiger partial charge is 0.487 e. The molecule has 0 saturated carbocycles. The maximum Gasteiger partial charge on any atom is 0.326 e. The number of rotatable bonds is 4. The van der Waals surface area contributed by atoms with Crippen LogP contribution >= 0.6 is 0 Å². The lowest BCUT2D eigenvalue weighted by Crippen LogP contribution is -2.56. The number of aryl methyl sites for hydroxylation is 1. The molecule has 1 aromatic heterocycles. The lowest BCUT2D eigenvalue weighted by Gasteiger charge is -2.39. The zero-order chi connectivity index (χ0) is 18.3. The van der Waals surface area contributed by atoms with Crippen LogP contribution in [0.15, 0.2) is 47.3 Å². The number of aromatic amines is 1. The van der Waals surface area contributed by atoms with Crippen molar-refractivity contribution in [2.75, 3.05) is 13.1 Å². The predicted molar refractivity (Wildman–Crippen MR) is 95.0 cm³/mol. The predicted octanol–water partition coefficient (Wildman–Crippen LogP) is 2.39. The van der Waals surface area contributed by atoms with Gasteiger partial charge in [0.15, 0.2) is 0 Å². The van der Waals surface area contributed by atoms with Crippen LogP contribution in [0.1, 0.15) is 17.3 Å². The van der Waals surface area contributed by atoms with Crippen molar-refractivity contribution in [1.29, 1.82) is 0 Å². The highest BCUT2D eigenvalue weighted by Crippen LogP contribution is 2.22. The van der Waals surface area contributed by atoms with Crippen LogP contribution in [0.3, 0.4) is 0 Å². The van der Waals surface area contributed by atoms with Crippen LogP contribution in [0.25, 0.3) is 11.0 Å². The summed E-state index contributed by atoms with van der Waals surface area (Å²) in [6.07, 6.45) is -0.148. The van der Waals surface area contributed by atoms with E-state index in [0.29, 0.717) is 36.5 Å². The summed E-state index contributed by atoms with van der Waals surface area (Å²) in [5.41, 5.74) is 1.77. The SMILES string of the molecule is CCn1c(=O)[nH]c2cc(C(=O)N3CC(Oc4cccc(F)c4)C3)ccc21. The van der Waals surface area contributed by atoms with Gasteiger partial charge in [0.1, 0.15) is 17.7 Å². The minimum Gasteiger partial charge on any atom is -0.487 e. The molecule has 4 rings (SSSR count). The van der Waals surface area contributed by atoms with Crippen molar-refractivity contribution >= 4 is 16.9 Å². The molecular formula is C19H18FN3O3. The van der Waals surface area contributed by atoms with Crippen LogP contribution in [-0.2, 0) is 6.54 Å². The third-order valence-corrected chi connectivity index (χ3v) is 4.57. The summed E-state index contributed by atoms with van der Waals surface area (Å²) in [4.78, 5) is 28.9. The van der Waals surface area contributed by atoms with Gasteiger partial charge in [-0.05, 0) is 37.3 Å². The molecule has 7 heteroatoms. The van der Waals surface area contributed by atoms with E-state index in [1.54, 1.807) is 39.8 Å². The molecule has 3 aromatic rings. The number of nitrogens with zero attached hydrogens (tertiary/aromatic N) is 2. The summed E-state index contributed by atoms with van der Waals surface area (Å²) < 4.78 is 20.5. The molecule has 1 saturated heterocycles. The zero-order valence-corrected chi connectivity index (χ0v) is 14.2. The number of H-pyrrole nitrogens is 1. The molecule has 0 spiro atoms. The maximum atomic E-state index is 13.2. The van der Waals surface area contributed by atoms with Crippen LogP contribution < -0.4 is 10.4 Å². The van der Waals surface area contributed by atoms with E-state index in [9.17, 15) is 14.0 Å². The van der Waals surface area contributed by atoms with E-state index >= 15 is 0 Å². The summed E-state index contributed by atoms with van der Waals surface area (Å²) in [5, 5.41) is 0. The first-order valence-electron chi connectivity index (χ1n) is 8.49. The number of benzene rings is 2. The van der Waals surface area contributed by atoms with E-state index in [4.69, 9.17) is 4.74 Å². The van der Waals surface area contributed by atoms with Crippen LogP contribution in [0.2, 0.25) is 0 Å². The third-order valence-electron chi connectivity index (χ3n) is 4.57. The molecule has 1 amide bonds. The highest BCUT2D eigenvalue weighted by atomic mass is 19.1. The number of amides is 1. The topological polar surface area (TPSA) is 67.3 Å². The Morgan fingerprint density at radius 1 is 1.27 bits per heavy atom. The van der Waals surface area contributed by atoms with E-state index in [-0.39, 0.29) is 23.5 Å². The molecular weight excluding hydrogens is 337 g/mol. The number of hydrogen-bond donors (Lipinski definition) is 1. The number of carbonyl (C=O) groups is 1. The van der Waals surface area contributed by atoms with E-state index in [0.717, 1.165) is 5.52 Å². The average molecular weight is 355 g/mol. The number of ether oxygens (including phenoxy) is 1. The Morgan fingerprint density at radius 2 is 2.08 bits per heavy atom. The molecule has 6 nitrogen and oxygen atoms in total. The van der Waals surface area contributed by atoms with Crippen LogP contribution in [-0.4, -0.2) is 39.6 Å². The standard InChI is InChI=1S/C19H18FN3O3/c1-2-23-17-7-6-12(8-16(17)21-19(23)25)18(24)22-10-15(11-22)26-14-5-3-4-13(20)9-14/h3-9,15H,2,10-11H2,1H3,(H,21,25). The summed E-state index contributed by atoms with van der Waals surface area (Å²) in [7, 11) is 0. The molecule has 0 atom stereocenters. The molecule has 0 aliphatic carbocycles. The van der Waals surface area contributed by atoms with Gasteiger partial charge >= 0.3 is 5.69 Å². The van der Waals surface area contributed by atoms with Gasteiger partial charge in [-0.1, -0.05) is 6.07 Å². The van der Waals surface area contributed by atoms with E-state index < -0.39 is 0 Å². The highest BCUT2D eigenvalue weighted by Gasteiger charge is 2.33. The molecule has 0 radical (unpaired) electrons. The first-order chi connectivity index (χ1) is 12.5. The fourth-order valence-electron chi connectivity index (χ4n) is 3.20. The fraction of sp³-hybridized carbons (Fsp3) is 0.263. The van der Waals surface area contributed by atoms with Gasteiger partial charge in [0.05, 0.1) is 24.1 Å². The maximum absolute atomic E-state index is 13.2. The first kappa shape index (κ1) is 16.4. The van der Waals surface area contributed by atoms with Crippen molar-refractivity contribution in [2.24, 2.45) is 0 Å². The molecule has 2 aromatic carbocycles. The summed E-state index contributed by atoms with van der Waals surface area (Å²) in [6, 6.07) is 11.2. The van der Waals surface area contributed by atoms with Crippen LogP contribution in [0, 0.1) is 5.82 Å². The monoisotopic (exact) mass is 355 g/mol. The zero-order valence-electron chi connectivity index (χ0n) is 14.2. The first-order valence-corrected chi connectivity index (χ1v) is 8.49. The van der Waals surface area contributed by atoms with Gasteiger partial charge < -0.3 is 14.6 Å². The lowest BCUT2D eigenvalue weighted by atomic mass is 10.1. The summed E-state index contributed by atoms with van der Waals surface area (Å²) in [6.45, 7) is 3.35. The highest BCUT2D eigenvalue weighted by molar-refractivity contribution is 5.97. The third kappa shape index (κ3) is 2.85. The van der Waals surface area contributed by atoms with Crippen LogP contribution in [0.4, 0.5) is 4.39 Å². The molecule has 2 heterocycles. The Bertz CT molecular complexity index is 1030. The summed E-state index contributed by atoms with van der Waals surface area (Å²) in [5.74, 6) is -0.00541. The molecule has 26 heavy (non-hydrogen) atoms.